The van der Waals surface area contributed by atoms with E-state index in [2.05, 4.69) is 44.4 Å². The molecule has 1 aliphatic heterocycles. The van der Waals surface area contributed by atoms with Gasteiger partial charge in [-0.2, -0.15) is 0 Å². The van der Waals surface area contributed by atoms with E-state index in [4.69, 9.17) is 0 Å². The standard InChI is InChI=1S/C28H45NO2/c1-19(18-29-15-6-5-8-20(29)2)25-12-13-26-22(9-7-14-28(25,26)4)10-11-23-16-24(30)17-27(31)21(23)3/h10-11,19-20,24-27,30-31H,3,5-9,12-18H2,1-2,4H3/t19?,20?,24-,25-,26+,27-,28-/m1/s1. The second-order valence-corrected chi connectivity index (χ2v) is 11.5. The van der Waals surface area contributed by atoms with Crippen molar-refractivity contribution in [2.45, 2.75) is 103 Å². The average Bonchev–Trinajstić information content (AvgIpc) is 3.09. The maximum Gasteiger partial charge on any atom is 0.0811 e. The number of aliphatic hydroxyl groups is 2. The Morgan fingerprint density at radius 2 is 1.97 bits per heavy atom. The molecule has 3 aliphatic carbocycles. The first-order chi connectivity index (χ1) is 14.8. The summed E-state index contributed by atoms with van der Waals surface area (Å²) in [6, 6.07) is 0.754. The summed E-state index contributed by atoms with van der Waals surface area (Å²) in [5.41, 5.74) is 3.86. The van der Waals surface area contributed by atoms with Crippen molar-refractivity contribution in [3.8, 4) is 0 Å². The van der Waals surface area contributed by atoms with Crippen molar-refractivity contribution < 1.29 is 10.2 Å². The normalized spacial score (nSPS) is 43.4. The van der Waals surface area contributed by atoms with Gasteiger partial charge < -0.3 is 15.1 Å². The van der Waals surface area contributed by atoms with Crippen LogP contribution < -0.4 is 0 Å². The van der Waals surface area contributed by atoms with Crippen LogP contribution in [-0.4, -0.2) is 46.5 Å². The van der Waals surface area contributed by atoms with Crippen LogP contribution in [0.1, 0.15) is 85.0 Å². The fourth-order valence-electron chi connectivity index (χ4n) is 7.61. The molecule has 0 bridgehead atoms. The number of hydrogen-bond acceptors (Lipinski definition) is 3. The van der Waals surface area contributed by atoms with Crippen LogP contribution in [0.5, 0.6) is 0 Å². The highest BCUT2D eigenvalue weighted by Gasteiger charge is 2.50. The number of allylic oxidation sites excluding steroid dienone is 3. The van der Waals surface area contributed by atoms with Gasteiger partial charge in [-0.05, 0) is 99.1 Å². The molecule has 2 N–H and O–H groups in total. The molecular weight excluding hydrogens is 382 g/mol. The van der Waals surface area contributed by atoms with Gasteiger partial charge in [0.1, 0.15) is 0 Å². The fourth-order valence-corrected chi connectivity index (χ4v) is 7.61. The van der Waals surface area contributed by atoms with Crippen LogP contribution >= 0.6 is 0 Å². The first-order valence-electron chi connectivity index (χ1n) is 13.0. The molecule has 0 spiro atoms. The Balaban J connectivity index is 1.48. The number of piperidine rings is 1. The van der Waals surface area contributed by atoms with Crippen molar-refractivity contribution in [2.75, 3.05) is 13.1 Å². The Labute approximate surface area is 190 Å². The Hall–Kier alpha value is -0.900. The molecule has 0 aromatic heterocycles. The zero-order valence-electron chi connectivity index (χ0n) is 20.2. The summed E-state index contributed by atoms with van der Waals surface area (Å²) >= 11 is 0. The fraction of sp³-hybridized carbons (Fsp3) is 0.786. The molecular formula is C28H45NO2. The van der Waals surface area contributed by atoms with Gasteiger partial charge in [0.05, 0.1) is 12.2 Å². The zero-order chi connectivity index (χ0) is 22.2. The summed E-state index contributed by atoms with van der Waals surface area (Å²) in [5.74, 6) is 2.27. The molecule has 4 rings (SSSR count). The molecule has 3 nitrogen and oxygen atoms in total. The molecule has 0 aromatic carbocycles. The minimum Gasteiger partial charge on any atom is -0.393 e. The predicted octanol–water partition coefficient (Wildman–Crippen LogP) is 5.64. The van der Waals surface area contributed by atoms with Gasteiger partial charge in [-0.1, -0.05) is 44.6 Å². The lowest BCUT2D eigenvalue weighted by atomic mass is 9.61. The summed E-state index contributed by atoms with van der Waals surface area (Å²) in [7, 11) is 0. The molecule has 4 fully saturated rings. The van der Waals surface area contributed by atoms with Crippen LogP contribution in [0.25, 0.3) is 0 Å². The second kappa shape index (κ2) is 9.53. The third-order valence-electron chi connectivity index (χ3n) is 9.45. The van der Waals surface area contributed by atoms with Gasteiger partial charge in [-0.25, -0.2) is 0 Å². The number of rotatable bonds is 4. The van der Waals surface area contributed by atoms with E-state index in [1.807, 2.05) is 0 Å². The Morgan fingerprint density at radius 3 is 2.74 bits per heavy atom. The molecule has 174 valence electrons. The van der Waals surface area contributed by atoms with Gasteiger partial charge in [0.2, 0.25) is 0 Å². The number of aliphatic hydroxyl groups excluding tert-OH is 2. The van der Waals surface area contributed by atoms with Gasteiger partial charge in [0.15, 0.2) is 0 Å². The topological polar surface area (TPSA) is 43.7 Å². The molecule has 0 radical (unpaired) electrons. The van der Waals surface area contributed by atoms with Gasteiger partial charge in [0, 0.05) is 19.0 Å². The van der Waals surface area contributed by atoms with Crippen LogP contribution in [-0.2, 0) is 0 Å². The highest BCUT2D eigenvalue weighted by molar-refractivity contribution is 5.38. The molecule has 7 atom stereocenters. The first-order valence-corrected chi connectivity index (χ1v) is 13.0. The van der Waals surface area contributed by atoms with E-state index in [0.29, 0.717) is 24.2 Å². The molecule has 1 heterocycles. The van der Waals surface area contributed by atoms with Crippen LogP contribution in [0.2, 0.25) is 0 Å². The summed E-state index contributed by atoms with van der Waals surface area (Å²) in [4.78, 5) is 2.76. The van der Waals surface area contributed by atoms with Gasteiger partial charge in [-0.15, -0.1) is 0 Å². The van der Waals surface area contributed by atoms with E-state index >= 15 is 0 Å². The average molecular weight is 428 g/mol. The van der Waals surface area contributed by atoms with Crippen molar-refractivity contribution in [1.82, 2.24) is 4.90 Å². The van der Waals surface area contributed by atoms with E-state index in [1.54, 1.807) is 5.57 Å². The second-order valence-electron chi connectivity index (χ2n) is 11.5. The van der Waals surface area contributed by atoms with E-state index < -0.39 is 12.2 Å². The molecule has 31 heavy (non-hydrogen) atoms. The van der Waals surface area contributed by atoms with E-state index in [0.717, 1.165) is 29.0 Å². The minimum atomic E-state index is -0.598. The predicted molar refractivity (Wildman–Crippen MR) is 129 cm³/mol. The van der Waals surface area contributed by atoms with E-state index in [9.17, 15) is 10.2 Å². The molecule has 1 saturated heterocycles. The van der Waals surface area contributed by atoms with Gasteiger partial charge in [-0.3, -0.25) is 0 Å². The Bertz CT molecular complexity index is 725. The molecule has 0 amide bonds. The van der Waals surface area contributed by atoms with Crippen LogP contribution in [0.3, 0.4) is 0 Å². The lowest BCUT2D eigenvalue weighted by Crippen LogP contribution is -2.44. The van der Waals surface area contributed by atoms with Crippen LogP contribution in [0.4, 0.5) is 0 Å². The van der Waals surface area contributed by atoms with E-state index in [-0.39, 0.29) is 0 Å². The smallest absolute Gasteiger partial charge is 0.0811 e. The number of hydrogen-bond donors (Lipinski definition) is 2. The monoisotopic (exact) mass is 427 g/mol. The van der Waals surface area contributed by atoms with Gasteiger partial charge >= 0.3 is 0 Å². The Morgan fingerprint density at radius 1 is 1.16 bits per heavy atom. The maximum absolute atomic E-state index is 10.2. The third kappa shape index (κ3) is 4.75. The van der Waals surface area contributed by atoms with E-state index in [1.165, 1.54) is 64.5 Å². The highest BCUT2D eigenvalue weighted by atomic mass is 16.3. The van der Waals surface area contributed by atoms with Crippen molar-refractivity contribution in [3.05, 3.63) is 35.5 Å². The van der Waals surface area contributed by atoms with Crippen LogP contribution in [0, 0.1) is 23.2 Å². The third-order valence-corrected chi connectivity index (χ3v) is 9.45. The zero-order valence-corrected chi connectivity index (χ0v) is 20.2. The summed E-state index contributed by atoms with van der Waals surface area (Å²) in [6.45, 7) is 14.2. The van der Waals surface area contributed by atoms with Crippen molar-refractivity contribution in [3.63, 3.8) is 0 Å². The van der Waals surface area contributed by atoms with Gasteiger partial charge in [0.25, 0.3) is 0 Å². The Kier molecular flexibility index (Phi) is 7.15. The summed E-state index contributed by atoms with van der Waals surface area (Å²) in [6.07, 6.45) is 15.2. The lowest BCUT2D eigenvalue weighted by molar-refractivity contribution is 0.0598. The first kappa shape index (κ1) is 23.3. The number of fused-ring (bicyclic) bond motifs is 1. The quantitative estimate of drug-likeness (QED) is 0.610. The maximum atomic E-state index is 10.2. The van der Waals surface area contributed by atoms with Crippen molar-refractivity contribution in [2.24, 2.45) is 23.2 Å². The molecule has 4 aliphatic rings. The largest absolute Gasteiger partial charge is 0.393 e. The molecule has 0 aromatic rings. The minimum absolute atomic E-state index is 0.419. The van der Waals surface area contributed by atoms with Crippen LogP contribution in [0.15, 0.2) is 35.5 Å². The SMILES string of the molecule is C=C1C(=CC=C2CCC[C@]3(C)[C@@H](C(C)CN4CCCCC4C)CC[C@@H]23)C[C@@H](O)C[C@H]1O. The molecule has 2 unspecified atom stereocenters. The molecule has 3 heteroatoms. The molecule has 3 saturated carbocycles. The summed E-state index contributed by atoms with van der Waals surface area (Å²) < 4.78 is 0. The number of likely N-dealkylation sites (tertiary alicyclic amines) is 1. The number of nitrogens with zero attached hydrogens (tertiary/aromatic N) is 1. The van der Waals surface area contributed by atoms with Crippen molar-refractivity contribution >= 4 is 0 Å². The summed E-state index contributed by atoms with van der Waals surface area (Å²) in [5, 5.41) is 20.2. The lowest BCUT2D eigenvalue weighted by Gasteiger charge is -2.46. The highest BCUT2D eigenvalue weighted by Crippen LogP contribution is 2.59. The van der Waals surface area contributed by atoms with Crippen molar-refractivity contribution in [1.29, 1.82) is 0 Å².